The number of aromatic nitrogens is 2. The van der Waals surface area contributed by atoms with Crippen molar-refractivity contribution in [1.29, 1.82) is 0 Å². The lowest BCUT2D eigenvalue weighted by Gasteiger charge is -2.16. The first-order valence-corrected chi connectivity index (χ1v) is 5.08. The third-order valence-corrected chi connectivity index (χ3v) is 2.43. The third-order valence-electron chi connectivity index (χ3n) is 2.43. The van der Waals surface area contributed by atoms with E-state index >= 15 is 0 Å². The molecule has 2 aromatic rings. The average Bonchev–Trinajstić information content (AvgIpc) is 2.45. The molecule has 3 nitrogen and oxygen atoms in total. The highest BCUT2D eigenvalue weighted by Crippen LogP contribution is 2.17. The second-order valence-corrected chi connectivity index (χ2v) is 4.67. The van der Waals surface area contributed by atoms with Crippen LogP contribution in [0.25, 0.3) is 11.0 Å². The van der Waals surface area contributed by atoms with E-state index in [4.69, 9.17) is 0 Å². The molecule has 1 N–H and O–H groups in total. The second kappa shape index (κ2) is 3.35. The predicted molar refractivity (Wildman–Crippen MR) is 60.7 cm³/mol. The number of aryl methyl sites for hydroxylation is 1. The lowest BCUT2D eigenvalue weighted by Crippen LogP contribution is -2.21. The summed E-state index contributed by atoms with van der Waals surface area (Å²) in [5.74, 6) is 0. The molecule has 0 unspecified atom stereocenters. The van der Waals surface area contributed by atoms with Gasteiger partial charge < -0.3 is 9.67 Å². The fourth-order valence-electron chi connectivity index (χ4n) is 1.79. The zero-order valence-electron chi connectivity index (χ0n) is 9.36. The van der Waals surface area contributed by atoms with Crippen LogP contribution in [0.2, 0.25) is 0 Å². The van der Waals surface area contributed by atoms with Crippen LogP contribution < -0.4 is 0 Å². The van der Waals surface area contributed by atoms with Crippen LogP contribution in [0.4, 0.5) is 0 Å². The Morgan fingerprint density at radius 1 is 1.40 bits per heavy atom. The van der Waals surface area contributed by atoms with E-state index in [1.54, 1.807) is 6.33 Å². The Bertz CT molecular complexity index is 480. The number of aliphatic hydroxyl groups is 1. The van der Waals surface area contributed by atoms with E-state index in [-0.39, 0.29) is 0 Å². The zero-order valence-corrected chi connectivity index (χ0v) is 9.36. The summed E-state index contributed by atoms with van der Waals surface area (Å²) in [6.45, 7) is 3.63. The molecule has 1 heterocycles. The highest BCUT2D eigenvalue weighted by molar-refractivity contribution is 5.75. The van der Waals surface area contributed by atoms with Gasteiger partial charge in [-0.3, -0.25) is 0 Å². The van der Waals surface area contributed by atoms with Crippen molar-refractivity contribution in [2.45, 2.75) is 25.9 Å². The van der Waals surface area contributed by atoms with Gasteiger partial charge in [-0.15, -0.1) is 0 Å². The van der Waals surface area contributed by atoms with Gasteiger partial charge >= 0.3 is 0 Å². The van der Waals surface area contributed by atoms with Gasteiger partial charge in [-0.2, -0.15) is 0 Å². The molecule has 0 aliphatic rings. The largest absolute Gasteiger partial charge is 0.390 e. The van der Waals surface area contributed by atoms with E-state index in [1.165, 1.54) is 0 Å². The predicted octanol–water partition coefficient (Wildman–Crippen LogP) is 1.89. The number of benzene rings is 1. The molecule has 0 saturated carbocycles. The molecule has 15 heavy (non-hydrogen) atoms. The van der Waals surface area contributed by atoms with Crippen LogP contribution in [-0.2, 0) is 13.5 Å². The SMILES string of the molecule is Cn1cnc2cc(CC(C)(C)O)ccc21. The van der Waals surface area contributed by atoms with Crippen LogP contribution in [0, 0.1) is 0 Å². The molecule has 0 amide bonds. The minimum absolute atomic E-state index is 0.652. The monoisotopic (exact) mass is 204 g/mol. The normalized spacial score (nSPS) is 12.3. The molecule has 0 radical (unpaired) electrons. The van der Waals surface area contributed by atoms with Crippen LogP contribution in [-0.4, -0.2) is 20.3 Å². The molecule has 0 saturated heterocycles. The Labute approximate surface area is 89.4 Å². The number of fused-ring (bicyclic) bond motifs is 1. The van der Waals surface area contributed by atoms with Gasteiger partial charge in [-0.25, -0.2) is 4.98 Å². The molecule has 0 atom stereocenters. The van der Waals surface area contributed by atoms with Crippen molar-refractivity contribution in [3.63, 3.8) is 0 Å². The maximum absolute atomic E-state index is 9.72. The zero-order chi connectivity index (χ0) is 11.1. The van der Waals surface area contributed by atoms with Gasteiger partial charge in [0.2, 0.25) is 0 Å². The van der Waals surface area contributed by atoms with Gasteiger partial charge in [-0.1, -0.05) is 6.07 Å². The molecule has 0 fully saturated rings. The van der Waals surface area contributed by atoms with E-state index in [1.807, 2.05) is 43.7 Å². The van der Waals surface area contributed by atoms with Gasteiger partial charge in [0.15, 0.2) is 0 Å². The maximum atomic E-state index is 9.72. The molecule has 3 heteroatoms. The molecule has 0 aliphatic heterocycles. The fraction of sp³-hybridized carbons (Fsp3) is 0.417. The smallest absolute Gasteiger partial charge is 0.0955 e. The molecule has 0 spiro atoms. The summed E-state index contributed by atoms with van der Waals surface area (Å²) in [4.78, 5) is 4.29. The first kappa shape index (κ1) is 10.2. The van der Waals surface area contributed by atoms with Gasteiger partial charge in [0.1, 0.15) is 0 Å². The number of hydrogen-bond acceptors (Lipinski definition) is 2. The van der Waals surface area contributed by atoms with Crippen molar-refractivity contribution in [2.75, 3.05) is 0 Å². The van der Waals surface area contributed by atoms with Crippen molar-refractivity contribution in [1.82, 2.24) is 9.55 Å². The quantitative estimate of drug-likeness (QED) is 0.811. The van der Waals surface area contributed by atoms with Crippen molar-refractivity contribution in [2.24, 2.45) is 7.05 Å². The van der Waals surface area contributed by atoms with Gasteiger partial charge in [0.05, 0.1) is 23.0 Å². The van der Waals surface area contributed by atoms with Crippen molar-refractivity contribution < 1.29 is 5.11 Å². The average molecular weight is 204 g/mol. The molecular weight excluding hydrogens is 188 g/mol. The maximum Gasteiger partial charge on any atom is 0.0955 e. The number of imidazole rings is 1. The van der Waals surface area contributed by atoms with E-state index in [9.17, 15) is 5.11 Å². The van der Waals surface area contributed by atoms with Crippen molar-refractivity contribution in [3.8, 4) is 0 Å². The summed E-state index contributed by atoms with van der Waals surface area (Å²) in [6.07, 6.45) is 2.46. The Morgan fingerprint density at radius 2 is 2.13 bits per heavy atom. The fourth-order valence-corrected chi connectivity index (χ4v) is 1.79. The lowest BCUT2D eigenvalue weighted by atomic mass is 9.98. The highest BCUT2D eigenvalue weighted by atomic mass is 16.3. The highest BCUT2D eigenvalue weighted by Gasteiger charge is 2.13. The Kier molecular flexibility index (Phi) is 2.27. The van der Waals surface area contributed by atoms with Crippen molar-refractivity contribution >= 4 is 11.0 Å². The summed E-state index contributed by atoms with van der Waals surface area (Å²) >= 11 is 0. The standard InChI is InChI=1S/C12H16N2O/c1-12(2,15)7-9-4-5-11-10(6-9)13-8-14(11)3/h4-6,8,15H,7H2,1-3H3. The lowest BCUT2D eigenvalue weighted by molar-refractivity contribution is 0.0810. The molecule has 80 valence electrons. The molecule has 0 aliphatic carbocycles. The topological polar surface area (TPSA) is 38.0 Å². The van der Waals surface area contributed by atoms with Crippen LogP contribution in [0.5, 0.6) is 0 Å². The molecule has 2 rings (SSSR count). The molecule has 1 aromatic carbocycles. The minimum Gasteiger partial charge on any atom is -0.390 e. The summed E-state index contributed by atoms with van der Waals surface area (Å²) in [6, 6.07) is 6.12. The minimum atomic E-state index is -0.664. The number of nitrogens with zero attached hydrogens (tertiary/aromatic N) is 2. The Hall–Kier alpha value is -1.35. The van der Waals surface area contributed by atoms with Crippen molar-refractivity contribution in [3.05, 3.63) is 30.1 Å². The first-order valence-electron chi connectivity index (χ1n) is 5.08. The Balaban J connectivity index is 2.39. The van der Waals surface area contributed by atoms with Crippen LogP contribution in [0.3, 0.4) is 0 Å². The third kappa shape index (κ3) is 2.18. The van der Waals surface area contributed by atoms with E-state index in [0.29, 0.717) is 6.42 Å². The summed E-state index contributed by atoms with van der Waals surface area (Å²) in [7, 11) is 1.98. The van der Waals surface area contributed by atoms with E-state index in [0.717, 1.165) is 16.6 Å². The van der Waals surface area contributed by atoms with Gasteiger partial charge in [0, 0.05) is 13.5 Å². The summed E-state index contributed by atoms with van der Waals surface area (Å²) in [5.41, 5.74) is 2.56. The first-order chi connectivity index (χ1) is 6.96. The summed E-state index contributed by atoms with van der Waals surface area (Å²) in [5, 5.41) is 9.72. The molecular formula is C12H16N2O. The van der Waals surface area contributed by atoms with E-state index < -0.39 is 5.60 Å². The second-order valence-electron chi connectivity index (χ2n) is 4.67. The van der Waals surface area contributed by atoms with Crippen LogP contribution in [0.1, 0.15) is 19.4 Å². The van der Waals surface area contributed by atoms with E-state index in [2.05, 4.69) is 4.98 Å². The molecule has 1 aromatic heterocycles. The number of rotatable bonds is 2. The Morgan fingerprint density at radius 3 is 2.80 bits per heavy atom. The van der Waals surface area contributed by atoms with Crippen LogP contribution in [0.15, 0.2) is 24.5 Å². The van der Waals surface area contributed by atoms with Gasteiger partial charge in [-0.05, 0) is 31.5 Å². The van der Waals surface area contributed by atoms with Gasteiger partial charge in [0.25, 0.3) is 0 Å². The number of hydrogen-bond donors (Lipinski definition) is 1. The van der Waals surface area contributed by atoms with Crippen LogP contribution >= 0.6 is 0 Å². The summed E-state index contributed by atoms with van der Waals surface area (Å²) < 4.78 is 1.99. The molecule has 0 bridgehead atoms.